The van der Waals surface area contributed by atoms with E-state index in [1.807, 2.05) is 0 Å². The molecule has 0 radical (unpaired) electrons. The summed E-state index contributed by atoms with van der Waals surface area (Å²) < 4.78 is 0. The molecular weight excluding hydrogens is 156 g/mol. The molecule has 0 fully saturated rings. The maximum Gasteiger partial charge on any atom is -0.0253 e. The Morgan fingerprint density at radius 1 is 1.23 bits per heavy atom. The van der Waals surface area contributed by atoms with Crippen LogP contribution in [0.2, 0.25) is 0 Å². The van der Waals surface area contributed by atoms with Crippen molar-refractivity contribution in [2.75, 3.05) is 0 Å². The lowest BCUT2D eigenvalue weighted by Gasteiger charge is -2.09. The Morgan fingerprint density at radius 2 is 1.92 bits per heavy atom. The van der Waals surface area contributed by atoms with Gasteiger partial charge in [0.2, 0.25) is 0 Å². The molecule has 0 heterocycles. The molecular formula is C13H20. The molecule has 72 valence electrons. The second-order valence-electron chi connectivity index (χ2n) is 4.21. The zero-order chi connectivity index (χ0) is 9.84. The Labute approximate surface area is 82.0 Å². The van der Waals surface area contributed by atoms with Crippen LogP contribution in [-0.2, 0) is 12.8 Å². The molecule has 1 rings (SSSR count). The summed E-state index contributed by atoms with van der Waals surface area (Å²) in [5.41, 5.74) is 4.41. The number of hydrogen-bond acceptors (Lipinski definition) is 0. The molecule has 13 heavy (non-hydrogen) atoms. The zero-order valence-corrected chi connectivity index (χ0v) is 9.22. The van der Waals surface area contributed by atoms with Crippen molar-refractivity contribution in [3.05, 3.63) is 34.9 Å². The maximum absolute atomic E-state index is 2.32. The van der Waals surface area contributed by atoms with Gasteiger partial charge in [-0.2, -0.15) is 0 Å². The molecule has 1 aromatic rings. The molecule has 0 aliphatic rings. The van der Waals surface area contributed by atoms with Gasteiger partial charge in [-0.15, -0.1) is 0 Å². The van der Waals surface area contributed by atoms with E-state index in [0.29, 0.717) is 0 Å². The Morgan fingerprint density at radius 3 is 2.38 bits per heavy atom. The highest BCUT2D eigenvalue weighted by molar-refractivity contribution is 5.31. The Balaban J connectivity index is 2.85. The third-order valence-corrected chi connectivity index (χ3v) is 2.44. The normalized spacial score (nSPS) is 10.8. The largest absolute Gasteiger partial charge is 0.0625 e. The predicted molar refractivity (Wildman–Crippen MR) is 59.1 cm³/mol. The molecule has 0 aromatic heterocycles. The van der Waals surface area contributed by atoms with Gasteiger partial charge in [0.05, 0.1) is 0 Å². The van der Waals surface area contributed by atoms with Gasteiger partial charge < -0.3 is 0 Å². The van der Waals surface area contributed by atoms with Gasteiger partial charge in [-0.25, -0.2) is 0 Å². The Hall–Kier alpha value is -0.780. The number of hydrogen-bond donors (Lipinski definition) is 0. The standard InChI is InChI=1S/C13H20/c1-5-12-6-7-13(8-10(2)3)11(4)9-12/h6-7,9-10H,5,8H2,1-4H3. The fraction of sp³-hybridized carbons (Fsp3) is 0.538. The first-order valence-electron chi connectivity index (χ1n) is 5.22. The summed E-state index contributed by atoms with van der Waals surface area (Å²) >= 11 is 0. The van der Waals surface area contributed by atoms with Crippen molar-refractivity contribution < 1.29 is 0 Å². The van der Waals surface area contributed by atoms with Crippen molar-refractivity contribution in [3.63, 3.8) is 0 Å². The number of rotatable bonds is 3. The minimum absolute atomic E-state index is 0.756. The Kier molecular flexibility index (Phi) is 3.53. The second-order valence-corrected chi connectivity index (χ2v) is 4.21. The number of benzene rings is 1. The van der Waals surface area contributed by atoms with E-state index in [0.717, 1.165) is 12.3 Å². The van der Waals surface area contributed by atoms with E-state index in [9.17, 15) is 0 Å². The van der Waals surface area contributed by atoms with Crippen molar-refractivity contribution in [3.8, 4) is 0 Å². The summed E-state index contributed by atoms with van der Waals surface area (Å²) in [6, 6.07) is 6.86. The molecule has 0 heteroatoms. The van der Waals surface area contributed by atoms with Gasteiger partial charge >= 0.3 is 0 Å². The molecule has 0 N–H and O–H groups in total. The highest BCUT2D eigenvalue weighted by Crippen LogP contribution is 2.15. The van der Waals surface area contributed by atoms with Crippen LogP contribution in [0.3, 0.4) is 0 Å². The summed E-state index contributed by atoms with van der Waals surface area (Å²) in [4.78, 5) is 0. The van der Waals surface area contributed by atoms with E-state index in [1.165, 1.54) is 23.1 Å². The van der Waals surface area contributed by atoms with Crippen LogP contribution < -0.4 is 0 Å². The maximum atomic E-state index is 2.32. The van der Waals surface area contributed by atoms with E-state index in [1.54, 1.807) is 0 Å². The van der Waals surface area contributed by atoms with Crippen molar-refractivity contribution >= 4 is 0 Å². The molecule has 0 aliphatic carbocycles. The predicted octanol–water partition coefficient (Wildman–Crippen LogP) is 3.76. The average Bonchev–Trinajstić information content (AvgIpc) is 2.08. The fourth-order valence-electron chi connectivity index (χ4n) is 1.65. The molecule has 0 spiro atoms. The third kappa shape index (κ3) is 2.87. The molecule has 0 bridgehead atoms. The lowest BCUT2D eigenvalue weighted by atomic mass is 9.96. The van der Waals surface area contributed by atoms with Crippen LogP contribution in [-0.4, -0.2) is 0 Å². The first-order chi connectivity index (χ1) is 6.13. The quantitative estimate of drug-likeness (QED) is 0.658. The van der Waals surface area contributed by atoms with E-state index >= 15 is 0 Å². The molecule has 0 amide bonds. The fourth-order valence-corrected chi connectivity index (χ4v) is 1.65. The highest BCUT2D eigenvalue weighted by atomic mass is 14.1. The van der Waals surface area contributed by atoms with Crippen LogP contribution in [0.4, 0.5) is 0 Å². The minimum atomic E-state index is 0.756. The molecule has 0 nitrogen and oxygen atoms in total. The lowest BCUT2D eigenvalue weighted by Crippen LogP contribution is -1.97. The second kappa shape index (κ2) is 4.45. The van der Waals surface area contributed by atoms with Gasteiger partial charge in [-0.1, -0.05) is 39.0 Å². The summed E-state index contributed by atoms with van der Waals surface area (Å²) in [6.07, 6.45) is 2.35. The summed E-state index contributed by atoms with van der Waals surface area (Å²) in [6.45, 7) is 8.97. The average molecular weight is 176 g/mol. The van der Waals surface area contributed by atoms with Crippen LogP contribution in [0.1, 0.15) is 37.5 Å². The van der Waals surface area contributed by atoms with Gasteiger partial charge in [-0.3, -0.25) is 0 Å². The van der Waals surface area contributed by atoms with Crippen molar-refractivity contribution in [2.24, 2.45) is 5.92 Å². The lowest BCUT2D eigenvalue weighted by molar-refractivity contribution is 0.644. The van der Waals surface area contributed by atoms with E-state index in [-0.39, 0.29) is 0 Å². The van der Waals surface area contributed by atoms with Crippen LogP contribution in [0.25, 0.3) is 0 Å². The molecule has 0 saturated carbocycles. The van der Waals surface area contributed by atoms with Crippen LogP contribution in [0.5, 0.6) is 0 Å². The minimum Gasteiger partial charge on any atom is -0.0625 e. The van der Waals surface area contributed by atoms with Gasteiger partial charge in [0.1, 0.15) is 0 Å². The van der Waals surface area contributed by atoms with Crippen LogP contribution in [0, 0.1) is 12.8 Å². The number of aryl methyl sites for hydroxylation is 2. The topological polar surface area (TPSA) is 0 Å². The van der Waals surface area contributed by atoms with Crippen LogP contribution in [0.15, 0.2) is 18.2 Å². The SMILES string of the molecule is CCc1ccc(CC(C)C)c(C)c1. The summed E-state index contributed by atoms with van der Waals surface area (Å²) in [5.74, 6) is 0.756. The molecule has 0 saturated heterocycles. The van der Waals surface area contributed by atoms with E-state index in [4.69, 9.17) is 0 Å². The molecule has 1 aromatic carbocycles. The molecule has 0 atom stereocenters. The third-order valence-electron chi connectivity index (χ3n) is 2.44. The Bertz CT molecular complexity index is 271. The van der Waals surface area contributed by atoms with Crippen LogP contribution >= 0.6 is 0 Å². The molecule has 0 aliphatic heterocycles. The monoisotopic (exact) mass is 176 g/mol. The first-order valence-corrected chi connectivity index (χ1v) is 5.22. The van der Waals surface area contributed by atoms with Gasteiger partial charge in [0.15, 0.2) is 0 Å². The van der Waals surface area contributed by atoms with E-state index in [2.05, 4.69) is 45.9 Å². The summed E-state index contributed by atoms with van der Waals surface area (Å²) in [5, 5.41) is 0. The van der Waals surface area contributed by atoms with Crippen molar-refractivity contribution in [1.82, 2.24) is 0 Å². The molecule has 0 unspecified atom stereocenters. The van der Waals surface area contributed by atoms with E-state index < -0.39 is 0 Å². The highest BCUT2D eigenvalue weighted by Gasteiger charge is 2.01. The summed E-state index contributed by atoms with van der Waals surface area (Å²) in [7, 11) is 0. The zero-order valence-electron chi connectivity index (χ0n) is 9.22. The van der Waals surface area contributed by atoms with Gasteiger partial charge in [-0.05, 0) is 42.4 Å². The first kappa shape index (κ1) is 10.3. The van der Waals surface area contributed by atoms with Gasteiger partial charge in [0.25, 0.3) is 0 Å². The van der Waals surface area contributed by atoms with Crippen molar-refractivity contribution in [1.29, 1.82) is 0 Å². The van der Waals surface area contributed by atoms with Gasteiger partial charge in [0, 0.05) is 0 Å². The smallest absolute Gasteiger partial charge is 0.0253 e. The van der Waals surface area contributed by atoms with Crippen molar-refractivity contribution in [2.45, 2.75) is 40.5 Å².